The van der Waals surface area contributed by atoms with Crippen LogP contribution in [0.3, 0.4) is 0 Å². The summed E-state index contributed by atoms with van der Waals surface area (Å²) in [6.45, 7) is 0. The third-order valence-corrected chi connectivity index (χ3v) is 6.18. The first-order valence-electron chi connectivity index (χ1n) is 7.70. The number of carbonyl (C=O) groups is 1. The van der Waals surface area contributed by atoms with Crippen LogP contribution in [0.25, 0.3) is 0 Å². The molecule has 0 aliphatic rings. The first-order chi connectivity index (χ1) is 12.1. The van der Waals surface area contributed by atoms with E-state index in [2.05, 4.69) is 4.76 Å². The molecule has 0 fully saturated rings. The van der Waals surface area contributed by atoms with E-state index in [0.29, 0.717) is 16.2 Å². The van der Waals surface area contributed by atoms with Crippen LogP contribution < -0.4 is 10.6 Å². The Labute approximate surface area is 145 Å². The number of carboxylic acid groups (broad SMARTS) is 1. The summed E-state index contributed by atoms with van der Waals surface area (Å²) in [5.41, 5.74) is 0.892. The molecule has 0 atom stereocenters. The summed E-state index contributed by atoms with van der Waals surface area (Å²) in [6, 6.07) is 24.6. The van der Waals surface area contributed by atoms with E-state index in [1.54, 1.807) is 36.4 Å². The molecular formula is C20H16NO3P. The van der Waals surface area contributed by atoms with Gasteiger partial charge in [0.25, 0.3) is 0 Å². The SMILES string of the molecule is O=C(O)c1ccc(C=NP(=O)(c2ccccc2)c2ccccc2)cc1. The van der Waals surface area contributed by atoms with E-state index in [1.807, 2.05) is 36.4 Å². The van der Waals surface area contributed by atoms with Crippen LogP contribution in [0.2, 0.25) is 0 Å². The molecule has 3 rings (SSSR count). The van der Waals surface area contributed by atoms with Crippen LogP contribution >= 0.6 is 7.29 Å². The van der Waals surface area contributed by atoms with Gasteiger partial charge in [-0.1, -0.05) is 48.5 Å². The summed E-state index contributed by atoms with van der Waals surface area (Å²) in [7, 11) is -3.17. The summed E-state index contributed by atoms with van der Waals surface area (Å²) in [6.07, 6.45) is 1.53. The average molecular weight is 349 g/mol. The van der Waals surface area contributed by atoms with E-state index in [4.69, 9.17) is 5.11 Å². The molecule has 0 aliphatic heterocycles. The summed E-state index contributed by atoms with van der Waals surface area (Å²) < 4.78 is 18.1. The molecule has 4 nitrogen and oxygen atoms in total. The maximum atomic E-state index is 13.7. The average Bonchev–Trinajstić information content (AvgIpc) is 2.68. The molecule has 5 heteroatoms. The van der Waals surface area contributed by atoms with Gasteiger partial charge in [-0.2, -0.15) is 0 Å². The Morgan fingerprint density at radius 3 is 1.72 bits per heavy atom. The van der Waals surface area contributed by atoms with Crippen molar-refractivity contribution in [2.75, 3.05) is 0 Å². The summed E-state index contributed by atoms with van der Waals surface area (Å²) >= 11 is 0. The molecule has 0 saturated heterocycles. The molecular weight excluding hydrogens is 333 g/mol. The van der Waals surface area contributed by atoms with Crippen LogP contribution in [0.5, 0.6) is 0 Å². The largest absolute Gasteiger partial charge is 0.478 e. The van der Waals surface area contributed by atoms with Gasteiger partial charge in [0.15, 0.2) is 0 Å². The zero-order chi connectivity index (χ0) is 17.7. The molecule has 0 spiro atoms. The van der Waals surface area contributed by atoms with E-state index in [1.165, 1.54) is 18.3 Å². The van der Waals surface area contributed by atoms with Crippen molar-refractivity contribution in [2.45, 2.75) is 0 Å². The zero-order valence-corrected chi connectivity index (χ0v) is 14.2. The van der Waals surface area contributed by atoms with Crippen molar-refractivity contribution in [2.24, 2.45) is 4.76 Å². The molecule has 0 saturated carbocycles. The maximum absolute atomic E-state index is 13.7. The molecule has 25 heavy (non-hydrogen) atoms. The number of benzene rings is 3. The Morgan fingerprint density at radius 1 is 0.800 bits per heavy atom. The second kappa shape index (κ2) is 7.29. The van der Waals surface area contributed by atoms with Gasteiger partial charge in [-0.3, -0.25) is 4.57 Å². The van der Waals surface area contributed by atoms with E-state index in [0.717, 1.165) is 0 Å². The predicted octanol–water partition coefficient (Wildman–Crippen LogP) is 3.73. The first-order valence-corrected chi connectivity index (χ1v) is 9.36. The standard InChI is InChI=1S/C20H16NO3P/c22-20(23)17-13-11-16(12-14-17)15-21-25(24,18-7-3-1-4-8-18)19-9-5-2-6-10-19/h1-15H,(H,22,23). The normalized spacial score (nSPS) is 11.5. The van der Waals surface area contributed by atoms with Gasteiger partial charge < -0.3 is 5.11 Å². The minimum absolute atomic E-state index is 0.200. The fourth-order valence-electron chi connectivity index (χ4n) is 2.40. The minimum Gasteiger partial charge on any atom is -0.478 e. The van der Waals surface area contributed by atoms with Gasteiger partial charge in [0.1, 0.15) is 0 Å². The number of rotatable bonds is 5. The van der Waals surface area contributed by atoms with Gasteiger partial charge in [0.05, 0.1) is 5.56 Å². The van der Waals surface area contributed by atoms with Gasteiger partial charge in [-0.15, -0.1) is 0 Å². The van der Waals surface area contributed by atoms with Crippen molar-refractivity contribution in [3.63, 3.8) is 0 Å². The van der Waals surface area contributed by atoms with Gasteiger partial charge >= 0.3 is 5.97 Å². The Morgan fingerprint density at radius 2 is 1.28 bits per heavy atom. The highest BCUT2D eigenvalue weighted by atomic mass is 31.2. The van der Waals surface area contributed by atoms with Crippen molar-refractivity contribution in [1.29, 1.82) is 0 Å². The second-order valence-electron chi connectivity index (χ2n) is 5.42. The lowest BCUT2D eigenvalue weighted by atomic mass is 10.1. The lowest BCUT2D eigenvalue weighted by Gasteiger charge is -2.14. The fourth-order valence-corrected chi connectivity index (χ4v) is 4.42. The molecule has 3 aromatic rings. The van der Waals surface area contributed by atoms with Crippen molar-refractivity contribution in [3.8, 4) is 0 Å². The minimum atomic E-state index is -3.17. The fraction of sp³-hybridized carbons (Fsp3) is 0. The molecule has 1 N–H and O–H groups in total. The summed E-state index contributed by atoms with van der Waals surface area (Å²) in [5.74, 6) is -0.984. The van der Waals surface area contributed by atoms with Crippen LogP contribution in [-0.2, 0) is 4.57 Å². The highest BCUT2D eigenvalue weighted by Crippen LogP contribution is 2.44. The maximum Gasteiger partial charge on any atom is 0.335 e. The number of hydrogen-bond acceptors (Lipinski definition) is 2. The molecule has 3 aromatic carbocycles. The molecule has 0 radical (unpaired) electrons. The Bertz CT molecular complexity index is 892. The van der Waals surface area contributed by atoms with E-state index >= 15 is 0 Å². The summed E-state index contributed by atoms with van der Waals surface area (Å²) in [5, 5.41) is 10.3. The van der Waals surface area contributed by atoms with Crippen molar-refractivity contribution in [1.82, 2.24) is 0 Å². The van der Waals surface area contributed by atoms with Crippen molar-refractivity contribution >= 4 is 30.1 Å². The molecule has 0 aliphatic carbocycles. The van der Waals surface area contributed by atoms with Crippen molar-refractivity contribution < 1.29 is 14.5 Å². The van der Waals surface area contributed by atoms with Crippen LogP contribution in [0.15, 0.2) is 89.7 Å². The first kappa shape index (κ1) is 16.9. The van der Waals surface area contributed by atoms with Crippen LogP contribution in [-0.4, -0.2) is 17.3 Å². The smallest absolute Gasteiger partial charge is 0.335 e. The van der Waals surface area contributed by atoms with E-state index in [9.17, 15) is 9.36 Å². The van der Waals surface area contributed by atoms with Gasteiger partial charge in [0.2, 0.25) is 7.29 Å². The lowest BCUT2D eigenvalue weighted by molar-refractivity contribution is 0.0697. The molecule has 0 heterocycles. The Kier molecular flexibility index (Phi) is 4.92. The van der Waals surface area contributed by atoms with Gasteiger partial charge in [0, 0.05) is 16.8 Å². The zero-order valence-electron chi connectivity index (χ0n) is 13.3. The topological polar surface area (TPSA) is 66.7 Å². The van der Waals surface area contributed by atoms with Crippen molar-refractivity contribution in [3.05, 3.63) is 96.1 Å². The molecule has 0 aromatic heterocycles. The Balaban J connectivity index is 2.01. The number of hydrogen-bond donors (Lipinski definition) is 1. The lowest BCUT2D eigenvalue weighted by Crippen LogP contribution is -2.14. The Hall–Kier alpha value is -2.97. The monoisotopic (exact) mass is 349 g/mol. The van der Waals surface area contributed by atoms with Gasteiger partial charge in [-0.05, 0) is 42.0 Å². The quantitative estimate of drug-likeness (QED) is 0.564. The van der Waals surface area contributed by atoms with Crippen LogP contribution in [0.4, 0.5) is 0 Å². The number of carboxylic acids is 1. The predicted molar refractivity (Wildman–Crippen MR) is 101 cm³/mol. The highest BCUT2D eigenvalue weighted by molar-refractivity contribution is 7.77. The molecule has 124 valence electrons. The number of nitrogens with zero attached hydrogens (tertiary/aromatic N) is 1. The molecule has 0 bridgehead atoms. The molecule has 0 amide bonds. The molecule has 0 unspecified atom stereocenters. The summed E-state index contributed by atoms with van der Waals surface area (Å²) in [4.78, 5) is 10.9. The second-order valence-corrected chi connectivity index (χ2v) is 7.83. The highest BCUT2D eigenvalue weighted by Gasteiger charge is 2.25. The van der Waals surface area contributed by atoms with E-state index < -0.39 is 13.3 Å². The van der Waals surface area contributed by atoms with Crippen LogP contribution in [0.1, 0.15) is 15.9 Å². The number of aromatic carboxylic acids is 1. The van der Waals surface area contributed by atoms with Crippen LogP contribution in [0, 0.1) is 0 Å². The van der Waals surface area contributed by atoms with Gasteiger partial charge in [-0.25, -0.2) is 9.56 Å². The van der Waals surface area contributed by atoms with E-state index in [-0.39, 0.29) is 5.56 Å². The third kappa shape index (κ3) is 3.76. The third-order valence-electron chi connectivity index (χ3n) is 3.74.